The molecule has 4 nitrogen and oxygen atoms in total. The van der Waals surface area contributed by atoms with Gasteiger partial charge < -0.3 is 15.2 Å². The van der Waals surface area contributed by atoms with Gasteiger partial charge in [-0.25, -0.2) is 0 Å². The van der Waals surface area contributed by atoms with Crippen molar-refractivity contribution < 1.29 is 9.47 Å². The predicted molar refractivity (Wildman–Crippen MR) is 51.7 cm³/mol. The molecule has 1 fully saturated rings. The number of nitrogens with two attached hydrogens (primary N) is 1. The summed E-state index contributed by atoms with van der Waals surface area (Å²) in [4.78, 5) is 2.34. The quantitative estimate of drug-likeness (QED) is 0.642. The fourth-order valence-electron chi connectivity index (χ4n) is 1.69. The number of ether oxygens (including phenoxy) is 2. The van der Waals surface area contributed by atoms with Crippen molar-refractivity contribution in [3.8, 4) is 0 Å². The van der Waals surface area contributed by atoms with E-state index < -0.39 is 0 Å². The largest absolute Gasteiger partial charge is 0.380 e. The standard InChI is InChI=1S/C9H20N2O2/c1-12-8-3-4-11(6-8)7-9(5-10)13-2/h8-9H,3-7,10H2,1-2H3. The van der Waals surface area contributed by atoms with E-state index in [-0.39, 0.29) is 6.10 Å². The monoisotopic (exact) mass is 188 g/mol. The lowest BCUT2D eigenvalue weighted by Gasteiger charge is -2.21. The Labute approximate surface area is 80.0 Å². The molecule has 78 valence electrons. The van der Waals surface area contributed by atoms with E-state index >= 15 is 0 Å². The molecule has 13 heavy (non-hydrogen) atoms. The summed E-state index contributed by atoms with van der Waals surface area (Å²) in [7, 11) is 3.48. The van der Waals surface area contributed by atoms with Crippen LogP contribution in [0.3, 0.4) is 0 Å². The number of hydrogen-bond donors (Lipinski definition) is 1. The first-order chi connectivity index (χ1) is 6.30. The van der Waals surface area contributed by atoms with Gasteiger partial charge in [0.05, 0.1) is 12.2 Å². The summed E-state index contributed by atoms with van der Waals surface area (Å²) in [5.41, 5.74) is 5.55. The van der Waals surface area contributed by atoms with Gasteiger partial charge in [-0.05, 0) is 6.42 Å². The second-order valence-electron chi connectivity index (χ2n) is 3.50. The van der Waals surface area contributed by atoms with Crippen LogP contribution in [-0.4, -0.2) is 57.5 Å². The third-order valence-electron chi connectivity index (χ3n) is 2.62. The van der Waals surface area contributed by atoms with Crippen molar-refractivity contribution in [2.75, 3.05) is 40.4 Å². The summed E-state index contributed by atoms with van der Waals surface area (Å²) in [6.07, 6.45) is 1.68. The molecule has 2 atom stereocenters. The number of rotatable bonds is 5. The van der Waals surface area contributed by atoms with Crippen LogP contribution in [0.5, 0.6) is 0 Å². The summed E-state index contributed by atoms with van der Waals surface area (Å²) >= 11 is 0. The number of methoxy groups -OCH3 is 2. The van der Waals surface area contributed by atoms with Crippen molar-refractivity contribution in [1.29, 1.82) is 0 Å². The minimum absolute atomic E-state index is 0.163. The zero-order chi connectivity index (χ0) is 9.68. The molecule has 2 N–H and O–H groups in total. The minimum atomic E-state index is 0.163. The van der Waals surface area contributed by atoms with Crippen molar-refractivity contribution in [3.05, 3.63) is 0 Å². The van der Waals surface area contributed by atoms with Crippen molar-refractivity contribution in [3.63, 3.8) is 0 Å². The number of likely N-dealkylation sites (tertiary alicyclic amines) is 1. The molecule has 0 aromatic carbocycles. The Hall–Kier alpha value is -0.160. The second kappa shape index (κ2) is 5.54. The van der Waals surface area contributed by atoms with E-state index in [1.54, 1.807) is 14.2 Å². The van der Waals surface area contributed by atoms with Gasteiger partial charge >= 0.3 is 0 Å². The van der Waals surface area contributed by atoms with Gasteiger partial charge in [0, 0.05) is 40.4 Å². The van der Waals surface area contributed by atoms with Crippen LogP contribution in [0.1, 0.15) is 6.42 Å². The molecule has 1 saturated heterocycles. The van der Waals surface area contributed by atoms with E-state index in [0.29, 0.717) is 12.6 Å². The molecule has 1 heterocycles. The van der Waals surface area contributed by atoms with Crippen LogP contribution in [0.2, 0.25) is 0 Å². The second-order valence-corrected chi connectivity index (χ2v) is 3.50. The van der Waals surface area contributed by atoms with Crippen LogP contribution >= 0.6 is 0 Å². The number of nitrogens with zero attached hydrogens (tertiary/aromatic N) is 1. The molecular formula is C9H20N2O2. The first-order valence-electron chi connectivity index (χ1n) is 4.78. The average Bonchev–Trinajstić information content (AvgIpc) is 2.61. The molecule has 0 spiro atoms. The van der Waals surface area contributed by atoms with Crippen LogP contribution in [0.25, 0.3) is 0 Å². The van der Waals surface area contributed by atoms with Crippen LogP contribution in [-0.2, 0) is 9.47 Å². The van der Waals surface area contributed by atoms with Crippen molar-refractivity contribution in [1.82, 2.24) is 4.90 Å². The predicted octanol–water partition coefficient (Wildman–Crippen LogP) is -0.319. The lowest BCUT2D eigenvalue weighted by Crippen LogP contribution is -2.37. The molecule has 0 aromatic rings. The highest BCUT2D eigenvalue weighted by atomic mass is 16.5. The van der Waals surface area contributed by atoms with Gasteiger partial charge in [-0.2, -0.15) is 0 Å². The lowest BCUT2D eigenvalue weighted by atomic mass is 10.3. The minimum Gasteiger partial charge on any atom is -0.380 e. The van der Waals surface area contributed by atoms with Crippen LogP contribution in [0, 0.1) is 0 Å². The van der Waals surface area contributed by atoms with E-state index in [0.717, 1.165) is 26.1 Å². The third-order valence-corrected chi connectivity index (χ3v) is 2.62. The maximum Gasteiger partial charge on any atom is 0.0820 e. The zero-order valence-corrected chi connectivity index (χ0v) is 8.53. The Balaban J connectivity index is 2.22. The molecule has 0 aromatic heterocycles. The fourth-order valence-corrected chi connectivity index (χ4v) is 1.69. The summed E-state index contributed by atoms with van der Waals surface area (Å²) in [5.74, 6) is 0. The van der Waals surface area contributed by atoms with Gasteiger partial charge in [0.25, 0.3) is 0 Å². The van der Waals surface area contributed by atoms with E-state index in [2.05, 4.69) is 4.90 Å². The van der Waals surface area contributed by atoms with E-state index in [1.807, 2.05) is 0 Å². The molecule has 4 heteroatoms. The van der Waals surface area contributed by atoms with Gasteiger partial charge in [0.2, 0.25) is 0 Å². The van der Waals surface area contributed by atoms with Crippen molar-refractivity contribution in [2.45, 2.75) is 18.6 Å². The SMILES string of the molecule is COC(CN)CN1CCC(OC)C1. The zero-order valence-electron chi connectivity index (χ0n) is 8.53. The molecule has 0 bridgehead atoms. The maximum atomic E-state index is 5.55. The number of hydrogen-bond acceptors (Lipinski definition) is 4. The summed E-state index contributed by atoms with van der Waals surface area (Å²) in [5, 5.41) is 0. The topological polar surface area (TPSA) is 47.7 Å². The van der Waals surface area contributed by atoms with Gasteiger partial charge in [0.1, 0.15) is 0 Å². The molecule has 2 unspecified atom stereocenters. The molecule has 0 radical (unpaired) electrons. The van der Waals surface area contributed by atoms with Gasteiger partial charge in [-0.1, -0.05) is 0 Å². The third kappa shape index (κ3) is 3.23. The molecule has 1 aliphatic heterocycles. The van der Waals surface area contributed by atoms with Gasteiger partial charge in [-0.3, -0.25) is 4.90 Å². The Morgan fingerprint density at radius 3 is 2.77 bits per heavy atom. The summed E-state index contributed by atoms with van der Waals surface area (Å²) < 4.78 is 10.5. The van der Waals surface area contributed by atoms with Gasteiger partial charge in [-0.15, -0.1) is 0 Å². The van der Waals surface area contributed by atoms with Crippen LogP contribution in [0.4, 0.5) is 0 Å². The lowest BCUT2D eigenvalue weighted by molar-refractivity contribution is 0.0655. The normalized spacial score (nSPS) is 26.5. The molecule has 0 amide bonds. The molecule has 0 aliphatic carbocycles. The van der Waals surface area contributed by atoms with E-state index in [1.165, 1.54) is 0 Å². The Kier molecular flexibility index (Phi) is 4.66. The molecule has 1 aliphatic rings. The summed E-state index contributed by atoms with van der Waals surface area (Å²) in [6, 6.07) is 0. The van der Waals surface area contributed by atoms with E-state index in [4.69, 9.17) is 15.2 Å². The van der Waals surface area contributed by atoms with Crippen LogP contribution in [0.15, 0.2) is 0 Å². The maximum absolute atomic E-state index is 5.55. The van der Waals surface area contributed by atoms with Crippen molar-refractivity contribution in [2.24, 2.45) is 5.73 Å². The highest BCUT2D eigenvalue weighted by molar-refractivity contribution is 4.78. The summed E-state index contributed by atoms with van der Waals surface area (Å²) in [6.45, 7) is 3.62. The Morgan fingerprint density at radius 1 is 1.54 bits per heavy atom. The Bertz CT molecular complexity index is 140. The van der Waals surface area contributed by atoms with Gasteiger partial charge in [0.15, 0.2) is 0 Å². The fraction of sp³-hybridized carbons (Fsp3) is 1.00. The Morgan fingerprint density at radius 2 is 2.31 bits per heavy atom. The highest BCUT2D eigenvalue weighted by Gasteiger charge is 2.23. The molecular weight excluding hydrogens is 168 g/mol. The first-order valence-corrected chi connectivity index (χ1v) is 4.78. The smallest absolute Gasteiger partial charge is 0.0820 e. The van der Waals surface area contributed by atoms with Crippen molar-refractivity contribution >= 4 is 0 Å². The van der Waals surface area contributed by atoms with Crippen LogP contribution < -0.4 is 5.73 Å². The molecule has 1 rings (SSSR count). The van der Waals surface area contributed by atoms with E-state index in [9.17, 15) is 0 Å². The molecule has 0 saturated carbocycles. The first kappa shape index (κ1) is 10.9. The average molecular weight is 188 g/mol. The highest BCUT2D eigenvalue weighted by Crippen LogP contribution is 2.12.